The average molecular weight is 365 g/mol. The van der Waals surface area contributed by atoms with E-state index in [-0.39, 0.29) is 22.9 Å². The molecule has 3 rings (SSSR count). The fraction of sp³-hybridized carbons (Fsp3) is 0.611. The van der Waals surface area contributed by atoms with Crippen molar-refractivity contribution in [1.82, 2.24) is 14.9 Å². The van der Waals surface area contributed by atoms with Gasteiger partial charge in [0.25, 0.3) is 5.91 Å². The molecule has 2 atom stereocenters. The Morgan fingerprint density at radius 3 is 2.24 bits per heavy atom. The number of carbonyl (C=O) groups is 1. The summed E-state index contributed by atoms with van der Waals surface area (Å²) in [5.41, 5.74) is 0.497. The van der Waals surface area contributed by atoms with E-state index in [1.54, 1.807) is 19.2 Å². The summed E-state index contributed by atoms with van der Waals surface area (Å²) in [5.74, 6) is -0.132. The summed E-state index contributed by atoms with van der Waals surface area (Å²) in [6.07, 6.45) is 4.31. The fourth-order valence-corrected chi connectivity index (χ4v) is 5.03. The van der Waals surface area contributed by atoms with Crippen LogP contribution in [0, 0.1) is 0 Å². The summed E-state index contributed by atoms with van der Waals surface area (Å²) in [7, 11) is -1.96. The predicted molar refractivity (Wildman–Crippen MR) is 97.0 cm³/mol. The Kier molecular flexibility index (Phi) is 5.18. The molecule has 7 heteroatoms. The van der Waals surface area contributed by atoms with Crippen LogP contribution in [-0.2, 0) is 10.0 Å². The topological polar surface area (TPSA) is 78.5 Å². The zero-order chi connectivity index (χ0) is 18.2. The van der Waals surface area contributed by atoms with Gasteiger partial charge in [0.15, 0.2) is 0 Å². The van der Waals surface area contributed by atoms with Crippen LogP contribution in [0.3, 0.4) is 0 Å². The predicted octanol–water partition coefficient (Wildman–Crippen LogP) is 1.73. The molecule has 2 heterocycles. The van der Waals surface area contributed by atoms with E-state index >= 15 is 0 Å². The molecule has 2 aliphatic rings. The summed E-state index contributed by atoms with van der Waals surface area (Å²) >= 11 is 0. The number of hydrogen-bond acceptors (Lipinski definition) is 4. The van der Waals surface area contributed by atoms with Crippen molar-refractivity contribution in [2.45, 2.75) is 68.6 Å². The fourth-order valence-electron chi connectivity index (χ4n) is 3.67. The highest BCUT2D eigenvalue weighted by Crippen LogP contribution is 2.27. The van der Waals surface area contributed by atoms with Crippen molar-refractivity contribution in [2.24, 2.45) is 0 Å². The maximum Gasteiger partial charge on any atom is 0.251 e. The molecular weight excluding hydrogens is 338 g/mol. The van der Waals surface area contributed by atoms with Crippen molar-refractivity contribution in [3.63, 3.8) is 0 Å². The first-order chi connectivity index (χ1) is 11.8. The monoisotopic (exact) mass is 365 g/mol. The minimum Gasteiger partial charge on any atom is -0.349 e. The number of benzene rings is 1. The molecule has 1 amide bonds. The Labute approximate surface area is 150 Å². The average Bonchev–Trinajstić information content (AvgIpc) is 2.92. The van der Waals surface area contributed by atoms with Gasteiger partial charge in [-0.25, -0.2) is 8.42 Å². The van der Waals surface area contributed by atoms with Gasteiger partial charge in [0, 0.05) is 36.8 Å². The van der Waals surface area contributed by atoms with Crippen LogP contribution in [0.15, 0.2) is 29.2 Å². The first-order valence-corrected chi connectivity index (χ1v) is 10.4. The standard InChI is InChI=1S/C18H27N3O3S/c1-12(2)21(3)25(23,24)17-8-4-13(5-9-17)18(22)20-16-10-14-6-7-15(11-16)19-14/h4-5,8-9,12,14-16,19H,6-7,10-11H2,1-3H3,(H,20,22). The highest BCUT2D eigenvalue weighted by molar-refractivity contribution is 7.89. The molecule has 6 nitrogen and oxygen atoms in total. The number of nitrogens with zero attached hydrogens (tertiary/aromatic N) is 1. The van der Waals surface area contributed by atoms with Crippen molar-refractivity contribution in [3.8, 4) is 0 Å². The van der Waals surface area contributed by atoms with Crippen LogP contribution in [0.1, 0.15) is 49.9 Å². The van der Waals surface area contributed by atoms with Gasteiger partial charge in [-0.15, -0.1) is 0 Å². The second-order valence-electron chi connectivity index (χ2n) is 7.42. The van der Waals surface area contributed by atoms with Crippen LogP contribution < -0.4 is 10.6 Å². The number of nitrogens with one attached hydrogen (secondary N) is 2. The Bertz CT molecular complexity index is 718. The quantitative estimate of drug-likeness (QED) is 0.833. The number of fused-ring (bicyclic) bond motifs is 2. The van der Waals surface area contributed by atoms with Crippen molar-refractivity contribution in [3.05, 3.63) is 29.8 Å². The molecule has 2 aliphatic heterocycles. The number of hydrogen-bond donors (Lipinski definition) is 2. The molecule has 25 heavy (non-hydrogen) atoms. The summed E-state index contributed by atoms with van der Waals surface area (Å²) < 4.78 is 26.3. The van der Waals surface area contributed by atoms with Crippen molar-refractivity contribution >= 4 is 15.9 Å². The second kappa shape index (κ2) is 7.05. The Morgan fingerprint density at radius 1 is 1.16 bits per heavy atom. The first kappa shape index (κ1) is 18.4. The van der Waals surface area contributed by atoms with Gasteiger partial charge >= 0.3 is 0 Å². The summed E-state index contributed by atoms with van der Waals surface area (Å²) in [5, 5.41) is 6.65. The van der Waals surface area contributed by atoms with Gasteiger partial charge in [0.1, 0.15) is 0 Å². The lowest BCUT2D eigenvalue weighted by Gasteiger charge is -2.29. The number of amides is 1. The van der Waals surface area contributed by atoms with Gasteiger partial charge in [-0.2, -0.15) is 4.31 Å². The molecule has 0 aliphatic carbocycles. The minimum atomic E-state index is -3.52. The lowest BCUT2D eigenvalue weighted by Crippen LogP contribution is -2.48. The van der Waals surface area contributed by atoms with Crippen LogP contribution >= 0.6 is 0 Å². The van der Waals surface area contributed by atoms with E-state index in [2.05, 4.69) is 10.6 Å². The normalized spacial score (nSPS) is 26.2. The Hall–Kier alpha value is -1.44. The van der Waals surface area contributed by atoms with Gasteiger partial charge in [0.05, 0.1) is 4.90 Å². The zero-order valence-corrected chi connectivity index (χ0v) is 15.8. The van der Waals surface area contributed by atoms with Crippen LogP contribution in [0.2, 0.25) is 0 Å². The van der Waals surface area contributed by atoms with Gasteiger partial charge in [0.2, 0.25) is 10.0 Å². The van der Waals surface area contributed by atoms with E-state index < -0.39 is 10.0 Å². The lowest BCUT2D eigenvalue weighted by atomic mass is 9.99. The number of sulfonamides is 1. The molecule has 2 fully saturated rings. The van der Waals surface area contributed by atoms with Crippen LogP contribution in [0.25, 0.3) is 0 Å². The molecule has 0 spiro atoms. The zero-order valence-electron chi connectivity index (χ0n) is 15.0. The highest BCUT2D eigenvalue weighted by Gasteiger charge is 2.34. The SMILES string of the molecule is CC(C)N(C)S(=O)(=O)c1ccc(C(=O)NC2CC3CCC(C2)N3)cc1. The number of carbonyl (C=O) groups excluding carboxylic acids is 1. The van der Waals surface area contributed by atoms with Gasteiger partial charge in [-0.3, -0.25) is 4.79 Å². The van der Waals surface area contributed by atoms with Crippen molar-refractivity contribution in [1.29, 1.82) is 0 Å². The summed E-state index contributed by atoms with van der Waals surface area (Å²) in [4.78, 5) is 12.7. The molecule has 1 aromatic carbocycles. The highest BCUT2D eigenvalue weighted by atomic mass is 32.2. The molecule has 1 aromatic rings. The molecule has 2 N–H and O–H groups in total. The smallest absolute Gasteiger partial charge is 0.251 e. The number of rotatable bonds is 5. The molecule has 0 saturated carbocycles. The molecule has 138 valence electrons. The van der Waals surface area contributed by atoms with E-state index in [1.165, 1.54) is 29.3 Å². The van der Waals surface area contributed by atoms with E-state index in [9.17, 15) is 13.2 Å². The van der Waals surface area contributed by atoms with Gasteiger partial charge in [-0.05, 0) is 63.8 Å². The molecular formula is C18H27N3O3S. The Balaban J connectivity index is 1.67. The largest absolute Gasteiger partial charge is 0.349 e. The molecule has 2 bridgehead atoms. The van der Waals surface area contributed by atoms with E-state index in [1.807, 2.05) is 13.8 Å². The molecule has 2 unspecified atom stereocenters. The van der Waals surface area contributed by atoms with Crippen molar-refractivity contribution in [2.75, 3.05) is 7.05 Å². The van der Waals surface area contributed by atoms with E-state index in [4.69, 9.17) is 0 Å². The second-order valence-corrected chi connectivity index (χ2v) is 9.42. The lowest BCUT2D eigenvalue weighted by molar-refractivity contribution is 0.0924. The minimum absolute atomic E-state index is 0.122. The third kappa shape index (κ3) is 3.88. The van der Waals surface area contributed by atoms with Crippen LogP contribution in [0.4, 0.5) is 0 Å². The van der Waals surface area contributed by atoms with E-state index in [0.29, 0.717) is 17.6 Å². The Morgan fingerprint density at radius 2 is 1.72 bits per heavy atom. The van der Waals surface area contributed by atoms with Crippen LogP contribution in [-0.4, -0.2) is 49.8 Å². The summed E-state index contributed by atoms with van der Waals surface area (Å²) in [6, 6.07) is 7.30. The third-order valence-electron chi connectivity index (χ3n) is 5.33. The summed E-state index contributed by atoms with van der Waals surface area (Å²) in [6.45, 7) is 3.65. The number of piperidine rings is 1. The first-order valence-electron chi connectivity index (χ1n) is 8.92. The van der Waals surface area contributed by atoms with Gasteiger partial charge in [-0.1, -0.05) is 0 Å². The maximum absolute atomic E-state index is 12.5. The molecule has 0 radical (unpaired) electrons. The molecule has 2 saturated heterocycles. The molecule has 0 aromatic heterocycles. The third-order valence-corrected chi connectivity index (χ3v) is 7.38. The van der Waals surface area contributed by atoms with Gasteiger partial charge < -0.3 is 10.6 Å². The maximum atomic E-state index is 12.5. The van der Waals surface area contributed by atoms with E-state index in [0.717, 1.165) is 12.8 Å². The van der Waals surface area contributed by atoms with Crippen LogP contribution in [0.5, 0.6) is 0 Å². The van der Waals surface area contributed by atoms with Crippen molar-refractivity contribution < 1.29 is 13.2 Å².